The number of hydrogen-bond acceptors (Lipinski definition) is 2. The Morgan fingerprint density at radius 2 is 1.86 bits per heavy atom. The molecule has 2 N–H and O–H groups in total. The molecule has 1 aromatic rings. The summed E-state index contributed by atoms with van der Waals surface area (Å²) < 4.78 is 0. The van der Waals surface area contributed by atoms with Crippen LogP contribution < -0.4 is 5.73 Å². The minimum atomic E-state index is 0. The van der Waals surface area contributed by atoms with Crippen molar-refractivity contribution in [3.05, 3.63) is 35.4 Å². The topological polar surface area (TPSA) is 46.3 Å². The number of benzene rings is 1. The minimum absolute atomic E-state index is 0. The fraction of sp³-hybridized carbons (Fsp3) is 0.611. The van der Waals surface area contributed by atoms with Gasteiger partial charge >= 0.3 is 0 Å². The molecule has 2 rings (SSSR count). The summed E-state index contributed by atoms with van der Waals surface area (Å²) in [7, 11) is 1.90. The SMILES string of the molecule is Cc1ccc(C(C)N(C)C(=O)CC2CCCCC2N)cc1.Cl. The normalized spacial score (nSPS) is 22.5. The summed E-state index contributed by atoms with van der Waals surface area (Å²) in [4.78, 5) is 14.4. The molecule has 22 heavy (non-hydrogen) atoms. The molecule has 124 valence electrons. The molecule has 3 unspecified atom stereocenters. The van der Waals surface area contributed by atoms with Gasteiger partial charge in [-0.15, -0.1) is 12.4 Å². The van der Waals surface area contributed by atoms with Crippen molar-refractivity contribution >= 4 is 18.3 Å². The number of amides is 1. The molecule has 0 aliphatic heterocycles. The molecule has 1 aliphatic rings. The van der Waals surface area contributed by atoms with Gasteiger partial charge in [-0.1, -0.05) is 42.7 Å². The van der Waals surface area contributed by atoms with Gasteiger partial charge in [0.05, 0.1) is 6.04 Å². The molecular formula is C18H29ClN2O. The van der Waals surface area contributed by atoms with E-state index in [9.17, 15) is 4.79 Å². The number of nitrogens with two attached hydrogens (primary N) is 1. The average Bonchev–Trinajstić information content (AvgIpc) is 2.49. The Kier molecular flexibility index (Phi) is 7.37. The van der Waals surface area contributed by atoms with Gasteiger partial charge in [0.25, 0.3) is 0 Å². The van der Waals surface area contributed by atoms with Crippen molar-refractivity contribution in [2.45, 2.75) is 58.0 Å². The van der Waals surface area contributed by atoms with Gasteiger partial charge < -0.3 is 10.6 Å². The van der Waals surface area contributed by atoms with Gasteiger partial charge in [-0.05, 0) is 38.2 Å². The van der Waals surface area contributed by atoms with Crippen LogP contribution in [0.15, 0.2) is 24.3 Å². The zero-order valence-electron chi connectivity index (χ0n) is 13.9. The third-order valence-electron chi connectivity index (χ3n) is 4.94. The third kappa shape index (κ3) is 4.72. The van der Waals surface area contributed by atoms with E-state index in [0.29, 0.717) is 12.3 Å². The van der Waals surface area contributed by atoms with E-state index in [2.05, 4.69) is 38.1 Å². The summed E-state index contributed by atoms with van der Waals surface area (Å²) in [6.07, 6.45) is 5.17. The van der Waals surface area contributed by atoms with E-state index in [0.717, 1.165) is 12.8 Å². The molecule has 0 aromatic heterocycles. The Morgan fingerprint density at radius 1 is 1.27 bits per heavy atom. The van der Waals surface area contributed by atoms with Crippen LogP contribution in [0.2, 0.25) is 0 Å². The highest BCUT2D eigenvalue weighted by Crippen LogP contribution is 2.28. The highest BCUT2D eigenvalue weighted by atomic mass is 35.5. The lowest BCUT2D eigenvalue weighted by Gasteiger charge is -2.31. The monoisotopic (exact) mass is 324 g/mol. The quantitative estimate of drug-likeness (QED) is 0.914. The smallest absolute Gasteiger partial charge is 0.223 e. The number of carbonyl (C=O) groups is 1. The van der Waals surface area contributed by atoms with Gasteiger partial charge in [-0.2, -0.15) is 0 Å². The van der Waals surface area contributed by atoms with E-state index in [1.54, 1.807) is 0 Å². The lowest BCUT2D eigenvalue weighted by Crippen LogP contribution is -2.38. The second-order valence-electron chi connectivity index (χ2n) is 6.50. The van der Waals surface area contributed by atoms with Crippen LogP contribution in [0.4, 0.5) is 0 Å². The number of carbonyl (C=O) groups excluding carboxylic acids is 1. The van der Waals surface area contributed by atoms with Crippen molar-refractivity contribution in [3.63, 3.8) is 0 Å². The first kappa shape index (κ1) is 19.0. The number of hydrogen-bond donors (Lipinski definition) is 1. The van der Waals surface area contributed by atoms with Gasteiger partial charge in [-0.3, -0.25) is 4.79 Å². The molecule has 0 bridgehead atoms. The maximum Gasteiger partial charge on any atom is 0.223 e. The maximum absolute atomic E-state index is 12.5. The van der Waals surface area contributed by atoms with E-state index >= 15 is 0 Å². The molecule has 1 saturated carbocycles. The van der Waals surface area contributed by atoms with Crippen LogP contribution in [0.25, 0.3) is 0 Å². The molecule has 1 amide bonds. The summed E-state index contributed by atoms with van der Waals surface area (Å²) >= 11 is 0. The second kappa shape index (κ2) is 8.54. The Labute approximate surface area is 140 Å². The molecular weight excluding hydrogens is 296 g/mol. The first-order valence-electron chi connectivity index (χ1n) is 8.07. The summed E-state index contributed by atoms with van der Waals surface area (Å²) in [5.74, 6) is 0.573. The first-order valence-corrected chi connectivity index (χ1v) is 8.07. The van der Waals surface area contributed by atoms with E-state index < -0.39 is 0 Å². The fourth-order valence-electron chi connectivity index (χ4n) is 3.14. The zero-order valence-corrected chi connectivity index (χ0v) is 14.7. The molecule has 3 atom stereocenters. The van der Waals surface area contributed by atoms with Gasteiger partial charge in [0.1, 0.15) is 0 Å². The fourth-order valence-corrected chi connectivity index (χ4v) is 3.14. The van der Waals surface area contributed by atoms with E-state index in [1.165, 1.54) is 24.0 Å². The zero-order chi connectivity index (χ0) is 15.4. The Balaban J connectivity index is 0.00000242. The second-order valence-corrected chi connectivity index (χ2v) is 6.50. The standard InChI is InChI=1S/C18H28N2O.ClH/c1-13-8-10-15(11-9-13)14(2)20(3)18(21)12-16-6-4-5-7-17(16)19;/h8-11,14,16-17H,4-7,12,19H2,1-3H3;1H. The van der Waals surface area contributed by atoms with E-state index in [-0.39, 0.29) is 30.4 Å². The molecule has 1 aromatic carbocycles. The van der Waals surface area contributed by atoms with Crippen LogP contribution in [0, 0.1) is 12.8 Å². The van der Waals surface area contributed by atoms with Gasteiger partial charge in [0, 0.05) is 19.5 Å². The number of halogens is 1. The van der Waals surface area contributed by atoms with Crippen molar-refractivity contribution < 1.29 is 4.79 Å². The van der Waals surface area contributed by atoms with Crippen molar-refractivity contribution in [2.24, 2.45) is 11.7 Å². The van der Waals surface area contributed by atoms with Crippen molar-refractivity contribution in [3.8, 4) is 0 Å². The molecule has 1 fully saturated rings. The number of nitrogens with zero attached hydrogens (tertiary/aromatic N) is 1. The van der Waals surface area contributed by atoms with Crippen LogP contribution >= 0.6 is 12.4 Å². The summed E-state index contributed by atoms with van der Waals surface area (Å²) in [5, 5.41) is 0. The maximum atomic E-state index is 12.5. The molecule has 0 radical (unpaired) electrons. The van der Waals surface area contributed by atoms with Gasteiger partial charge in [-0.25, -0.2) is 0 Å². The number of aryl methyl sites for hydroxylation is 1. The molecule has 0 saturated heterocycles. The summed E-state index contributed by atoms with van der Waals surface area (Å²) in [6, 6.07) is 8.72. The average molecular weight is 325 g/mol. The Hall–Kier alpha value is -1.06. The largest absolute Gasteiger partial charge is 0.339 e. The summed E-state index contributed by atoms with van der Waals surface area (Å²) in [6.45, 7) is 4.16. The Morgan fingerprint density at radius 3 is 2.45 bits per heavy atom. The number of rotatable bonds is 4. The predicted octanol–water partition coefficient (Wildman–Crippen LogP) is 3.84. The highest BCUT2D eigenvalue weighted by Gasteiger charge is 2.27. The predicted molar refractivity (Wildman–Crippen MR) is 94.2 cm³/mol. The summed E-state index contributed by atoms with van der Waals surface area (Å²) in [5.41, 5.74) is 8.59. The van der Waals surface area contributed by atoms with Crippen LogP contribution in [0.1, 0.15) is 56.2 Å². The van der Waals surface area contributed by atoms with Gasteiger partial charge in [0.2, 0.25) is 5.91 Å². The molecule has 4 heteroatoms. The van der Waals surface area contributed by atoms with Crippen LogP contribution in [0.5, 0.6) is 0 Å². The molecule has 0 heterocycles. The third-order valence-corrected chi connectivity index (χ3v) is 4.94. The van der Waals surface area contributed by atoms with Crippen LogP contribution in [0.3, 0.4) is 0 Å². The van der Waals surface area contributed by atoms with Crippen LogP contribution in [-0.4, -0.2) is 23.9 Å². The molecule has 3 nitrogen and oxygen atoms in total. The lowest BCUT2D eigenvalue weighted by molar-refractivity contribution is -0.133. The van der Waals surface area contributed by atoms with Crippen molar-refractivity contribution in [1.29, 1.82) is 0 Å². The van der Waals surface area contributed by atoms with Crippen molar-refractivity contribution in [1.82, 2.24) is 4.90 Å². The molecule has 1 aliphatic carbocycles. The minimum Gasteiger partial charge on any atom is -0.339 e. The first-order chi connectivity index (χ1) is 9.99. The van der Waals surface area contributed by atoms with Crippen LogP contribution in [-0.2, 0) is 4.79 Å². The van der Waals surface area contributed by atoms with Gasteiger partial charge in [0.15, 0.2) is 0 Å². The highest BCUT2D eigenvalue weighted by molar-refractivity contribution is 5.85. The van der Waals surface area contributed by atoms with Crippen molar-refractivity contribution in [2.75, 3.05) is 7.05 Å². The van der Waals surface area contributed by atoms with E-state index in [4.69, 9.17) is 5.73 Å². The molecule has 0 spiro atoms. The van der Waals surface area contributed by atoms with E-state index in [1.807, 2.05) is 11.9 Å². The Bertz CT molecular complexity index is 474. The lowest BCUT2D eigenvalue weighted by atomic mass is 9.82.